The average Bonchev–Trinajstić information content (AvgIpc) is 2.98. The Bertz CT molecular complexity index is 462. The van der Waals surface area contributed by atoms with Crippen molar-refractivity contribution in [3.63, 3.8) is 0 Å². The van der Waals surface area contributed by atoms with Gasteiger partial charge in [0, 0.05) is 0 Å². The Hall–Kier alpha value is -0.560. The molecule has 29 heavy (non-hydrogen) atoms. The average molecular weight is 434 g/mol. The predicted molar refractivity (Wildman–Crippen MR) is 88.8 cm³/mol. The summed E-state index contributed by atoms with van der Waals surface area (Å²) in [5, 5.41) is 101. The lowest BCUT2D eigenvalue weighted by molar-refractivity contribution is -0.318. The van der Waals surface area contributed by atoms with Gasteiger partial charge < -0.3 is 70.4 Å². The summed E-state index contributed by atoms with van der Waals surface area (Å²) < 4.78 is 15.3. The van der Waals surface area contributed by atoms with Crippen molar-refractivity contribution in [2.45, 2.75) is 60.9 Å². The molecular formula is C15H30O14. The second-order valence-electron chi connectivity index (χ2n) is 6.60. The lowest BCUT2D eigenvalue weighted by Crippen LogP contribution is -2.60. The zero-order valence-corrected chi connectivity index (χ0v) is 15.4. The van der Waals surface area contributed by atoms with Gasteiger partial charge in [-0.05, 0) is 0 Å². The third-order valence-corrected chi connectivity index (χ3v) is 4.46. The Morgan fingerprint density at radius 2 is 1.38 bits per heavy atom. The van der Waals surface area contributed by atoms with Gasteiger partial charge in [-0.1, -0.05) is 0 Å². The molecule has 14 heteroatoms. The number of hydrogen-bond donors (Lipinski definition) is 11. The van der Waals surface area contributed by atoms with Gasteiger partial charge >= 0.3 is 0 Å². The van der Waals surface area contributed by atoms with E-state index in [1.54, 1.807) is 0 Å². The van der Waals surface area contributed by atoms with Crippen LogP contribution >= 0.6 is 0 Å². The minimum Gasteiger partial charge on any atom is -0.394 e. The normalized spacial score (nSPS) is 42.6. The zero-order chi connectivity index (χ0) is 22.4. The Morgan fingerprint density at radius 3 is 1.79 bits per heavy atom. The largest absolute Gasteiger partial charge is 0.394 e. The van der Waals surface area contributed by atoms with E-state index in [0.29, 0.717) is 0 Å². The number of hydrogen-bond acceptors (Lipinski definition) is 14. The van der Waals surface area contributed by atoms with Crippen molar-refractivity contribution in [2.24, 2.45) is 0 Å². The fourth-order valence-electron chi connectivity index (χ4n) is 2.69. The number of rotatable bonds is 7. The van der Waals surface area contributed by atoms with Gasteiger partial charge in [-0.3, -0.25) is 0 Å². The standard InChI is InChI=1S/C12H22O11.C3H8O3/c13-1-4-6(16)7(17)8(18)11(21-4)22-9-5(2-14)23-12(20,3-15)10(9)19;4-1-3(6)2-5/h4-11,13-20H,1-3H2;3-6H,1-2H2/t4-,5-,6+,7+,8-,9-,10+,11+,12-;/m1./s1. The van der Waals surface area contributed by atoms with E-state index in [-0.39, 0.29) is 13.2 Å². The quantitative estimate of drug-likeness (QED) is 0.178. The van der Waals surface area contributed by atoms with Crippen molar-refractivity contribution in [1.82, 2.24) is 0 Å². The molecule has 0 aromatic heterocycles. The van der Waals surface area contributed by atoms with Crippen LogP contribution in [-0.4, -0.2) is 150 Å². The summed E-state index contributed by atoms with van der Waals surface area (Å²) in [5.41, 5.74) is 0. The summed E-state index contributed by atoms with van der Waals surface area (Å²) in [6.45, 7) is -3.05. The molecule has 0 unspecified atom stereocenters. The Labute approximate surface area is 165 Å². The minimum absolute atomic E-state index is 0.365. The Morgan fingerprint density at radius 1 is 0.828 bits per heavy atom. The Kier molecular flexibility index (Phi) is 10.7. The first-order valence-corrected chi connectivity index (χ1v) is 8.75. The summed E-state index contributed by atoms with van der Waals surface area (Å²) in [6.07, 6.45) is -13.2. The molecule has 0 bridgehead atoms. The van der Waals surface area contributed by atoms with Crippen LogP contribution in [0.1, 0.15) is 0 Å². The first-order chi connectivity index (χ1) is 13.6. The molecule has 0 aromatic rings. The summed E-state index contributed by atoms with van der Waals surface area (Å²) >= 11 is 0. The smallest absolute Gasteiger partial charge is 0.219 e. The highest BCUT2D eigenvalue weighted by atomic mass is 16.7. The summed E-state index contributed by atoms with van der Waals surface area (Å²) in [4.78, 5) is 0. The van der Waals surface area contributed by atoms with Crippen molar-refractivity contribution < 1.29 is 70.4 Å². The molecule has 2 rings (SSSR count). The topological polar surface area (TPSA) is 250 Å². The van der Waals surface area contributed by atoms with E-state index in [1.807, 2.05) is 0 Å². The molecule has 0 saturated carbocycles. The number of aliphatic hydroxyl groups is 11. The van der Waals surface area contributed by atoms with Crippen molar-refractivity contribution in [1.29, 1.82) is 0 Å². The molecule has 0 aliphatic carbocycles. The molecule has 0 radical (unpaired) electrons. The highest BCUT2D eigenvalue weighted by Crippen LogP contribution is 2.33. The number of ether oxygens (including phenoxy) is 3. The maximum atomic E-state index is 10.00. The van der Waals surface area contributed by atoms with Crippen LogP contribution in [0.3, 0.4) is 0 Å². The van der Waals surface area contributed by atoms with Crippen molar-refractivity contribution in [2.75, 3.05) is 33.0 Å². The maximum Gasteiger partial charge on any atom is 0.219 e. The van der Waals surface area contributed by atoms with Crippen molar-refractivity contribution in [3.8, 4) is 0 Å². The third-order valence-electron chi connectivity index (χ3n) is 4.46. The van der Waals surface area contributed by atoms with Crippen LogP contribution in [-0.2, 0) is 14.2 Å². The molecule has 2 aliphatic heterocycles. The van der Waals surface area contributed by atoms with Gasteiger partial charge in [0.1, 0.15) is 48.8 Å². The minimum atomic E-state index is -2.37. The van der Waals surface area contributed by atoms with Gasteiger partial charge in [0.05, 0.1) is 33.0 Å². The van der Waals surface area contributed by atoms with Gasteiger partial charge in [0.25, 0.3) is 0 Å². The van der Waals surface area contributed by atoms with Crippen LogP contribution in [0, 0.1) is 0 Å². The molecule has 11 N–H and O–H groups in total. The SMILES string of the molecule is OCC(O)CO.OC[C@H]1O[C@@H](O[C@@H]2[C@@H](CO)O[C@](O)(CO)[C@H]2O)[C@H](O)[C@@H](O)[C@H]1O. The van der Waals surface area contributed by atoms with Gasteiger partial charge in [0.2, 0.25) is 5.79 Å². The van der Waals surface area contributed by atoms with Crippen LogP contribution in [0.2, 0.25) is 0 Å². The molecule has 2 aliphatic rings. The molecule has 0 spiro atoms. The molecular weight excluding hydrogens is 404 g/mol. The van der Waals surface area contributed by atoms with Crippen molar-refractivity contribution >= 4 is 0 Å². The van der Waals surface area contributed by atoms with Gasteiger partial charge in [-0.15, -0.1) is 0 Å². The molecule has 14 nitrogen and oxygen atoms in total. The Balaban J connectivity index is 0.000000612. The summed E-state index contributed by atoms with van der Waals surface area (Å²) in [5.74, 6) is -2.37. The first-order valence-electron chi connectivity index (χ1n) is 8.75. The lowest BCUT2D eigenvalue weighted by Gasteiger charge is -2.41. The van der Waals surface area contributed by atoms with E-state index in [2.05, 4.69) is 0 Å². The fourth-order valence-corrected chi connectivity index (χ4v) is 2.69. The van der Waals surface area contributed by atoms with Gasteiger partial charge in [-0.2, -0.15) is 0 Å². The van der Waals surface area contributed by atoms with E-state index in [0.717, 1.165) is 0 Å². The van der Waals surface area contributed by atoms with E-state index in [9.17, 15) is 30.6 Å². The molecule has 2 heterocycles. The third kappa shape index (κ3) is 6.22. The predicted octanol–water partition coefficient (Wildman–Crippen LogP) is -7.06. The second kappa shape index (κ2) is 11.7. The van der Waals surface area contributed by atoms with Crippen molar-refractivity contribution in [3.05, 3.63) is 0 Å². The summed E-state index contributed by atoms with van der Waals surface area (Å²) in [7, 11) is 0. The molecule has 0 amide bonds. The molecule has 9 atom stereocenters. The van der Waals surface area contributed by atoms with E-state index in [4.69, 9.17) is 39.7 Å². The first kappa shape index (κ1) is 26.5. The van der Waals surface area contributed by atoms with Crippen LogP contribution < -0.4 is 0 Å². The number of aliphatic hydroxyl groups excluding tert-OH is 10. The van der Waals surface area contributed by atoms with Crippen LogP contribution in [0.25, 0.3) is 0 Å². The monoisotopic (exact) mass is 434 g/mol. The summed E-state index contributed by atoms with van der Waals surface area (Å²) in [6, 6.07) is 0. The van der Waals surface area contributed by atoms with Gasteiger partial charge in [0.15, 0.2) is 6.29 Å². The molecule has 2 saturated heterocycles. The molecule has 0 aromatic carbocycles. The second-order valence-corrected chi connectivity index (χ2v) is 6.60. The maximum absolute atomic E-state index is 10.00. The zero-order valence-electron chi connectivity index (χ0n) is 15.4. The van der Waals surface area contributed by atoms with E-state index in [1.165, 1.54) is 0 Å². The van der Waals surface area contributed by atoms with E-state index >= 15 is 0 Å². The van der Waals surface area contributed by atoms with Gasteiger partial charge in [-0.25, -0.2) is 0 Å². The fraction of sp³-hybridized carbons (Fsp3) is 1.00. The van der Waals surface area contributed by atoms with E-state index < -0.39 is 80.7 Å². The highest BCUT2D eigenvalue weighted by molar-refractivity contribution is 4.98. The van der Waals surface area contributed by atoms with Crippen LogP contribution in [0.15, 0.2) is 0 Å². The molecule has 2 fully saturated rings. The highest BCUT2D eigenvalue weighted by Gasteiger charge is 2.56. The van der Waals surface area contributed by atoms with Crippen LogP contribution in [0.5, 0.6) is 0 Å². The molecule has 174 valence electrons. The lowest BCUT2D eigenvalue weighted by atomic mass is 9.99. The van der Waals surface area contributed by atoms with Crippen LogP contribution in [0.4, 0.5) is 0 Å².